The molecule has 2 rings (SSSR count). The molecule has 0 radical (unpaired) electrons. The molecule has 2 heteroatoms. The third-order valence-corrected chi connectivity index (χ3v) is 3.67. The standard InChI is InChI=1S/C10H15NS/c1-8-9(4-7-12-8)10(2)5-3-6-11-10/h4,7,11H,3,5-6H2,1-2H3. The molecular weight excluding hydrogens is 166 g/mol. The van der Waals surface area contributed by atoms with Crippen LogP contribution in [0.15, 0.2) is 11.4 Å². The van der Waals surface area contributed by atoms with E-state index in [1.807, 2.05) is 11.3 Å². The molecule has 1 nitrogen and oxygen atoms in total. The van der Waals surface area contributed by atoms with E-state index in [1.54, 1.807) is 0 Å². The molecule has 0 amide bonds. The van der Waals surface area contributed by atoms with Crippen molar-refractivity contribution in [3.63, 3.8) is 0 Å². The van der Waals surface area contributed by atoms with Crippen molar-refractivity contribution in [2.45, 2.75) is 32.2 Å². The van der Waals surface area contributed by atoms with E-state index in [0.29, 0.717) is 0 Å². The summed E-state index contributed by atoms with van der Waals surface area (Å²) in [5.74, 6) is 0. The summed E-state index contributed by atoms with van der Waals surface area (Å²) in [6.07, 6.45) is 2.59. The first kappa shape index (κ1) is 8.27. The van der Waals surface area contributed by atoms with Gasteiger partial charge in [-0.1, -0.05) is 0 Å². The van der Waals surface area contributed by atoms with Gasteiger partial charge >= 0.3 is 0 Å². The normalized spacial score (nSPS) is 29.5. The van der Waals surface area contributed by atoms with Gasteiger partial charge in [0.1, 0.15) is 0 Å². The molecule has 1 saturated heterocycles. The van der Waals surface area contributed by atoms with E-state index in [1.165, 1.54) is 29.8 Å². The highest BCUT2D eigenvalue weighted by molar-refractivity contribution is 7.10. The van der Waals surface area contributed by atoms with Crippen LogP contribution in [0.25, 0.3) is 0 Å². The monoisotopic (exact) mass is 181 g/mol. The lowest BCUT2D eigenvalue weighted by molar-refractivity contribution is 0.434. The summed E-state index contributed by atoms with van der Waals surface area (Å²) < 4.78 is 0. The second kappa shape index (κ2) is 2.86. The predicted molar refractivity (Wildman–Crippen MR) is 53.6 cm³/mol. The van der Waals surface area contributed by atoms with Crippen LogP contribution in [0.2, 0.25) is 0 Å². The number of thiophene rings is 1. The number of hydrogen-bond donors (Lipinski definition) is 1. The van der Waals surface area contributed by atoms with Crippen molar-refractivity contribution in [2.75, 3.05) is 6.54 Å². The van der Waals surface area contributed by atoms with Crippen LogP contribution >= 0.6 is 11.3 Å². The smallest absolute Gasteiger partial charge is 0.0417 e. The highest BCUT2D eigenvalue weighted by Crippen LogP contribution is 2.34. The summed E-state index contributed by atoms with van der Waals surface area (Å²) in [6, 6.07) is 2.26. The van der Waals surface area contributed by atoms with Gasteiger partial charge in [0.2, 0.25) is 0 Å². The third kappa shape index (κ3) is 1.19. The lowest BCUT2D eigenvalue weighted by Crippen LogP contribution is -2.33. The van der Waals surface area contributed by atoms with Crippen molar-refractivity contribution in [3.8, 4) is 0 Å². The molecule has 1 unspecified atom stereocenters. The van der Waals surface area contributed by atoms with Crippen molar-refractivity contribution in [3.05, 3.63) is 21.9 Å². The van der Waals surface area contributed by atoms with E-state index < -0.39 is 0 Å². The van der Waals surface area contributed by atoms with Gasteiger partial charge in [-0.3, -0.25) is 0 Å². The molecule has 1 aliphatic heterocycles. The Morgan fingerprint density at radius 1 is 1.58 bits per heavy atom. The van der Waals surface area contributed by atoms with Crippen molar-refractivity contribution >= 4 is 11.3 Å². The largest absolute Gasteiger partial charge is 0.308 e. The fourth-order valence-electron chi connectivity index (χ4n) is 2.08. The van der Waals surface area contributed by atoms with E-state index >= 15 is 0 Å². The van der Waals surface area contributed by atoms with E-state index in [-0.39, 0.29) is 5.54 Å². The van der Waals surface area contributed by atoms with Crippen LogP contribution in [0.1, 0.15) is 30.2 Å². The second-order valence-corrected chi connectivity index (χ2v) is 4.87. The maximum absolute atomic E-state index is 3.58. The molecule has 66 valence electrons. The molecule has 1 aromatic rings. The van der Waals surface area contributed by atoms with Crippen LogP contribution in [0, 0.1) is 6.92 Å². The minimum atomic E-state index is 0.268. The van der Waals surface area contributed by atoms with Crippen LogP contribution in [0.3, 0.4) is 0 Å². The van der Waals surface area contributed by atoms with Gasteiger partial charge in [0, 0.05) is 10.4 Å². The van der Waals surface area contributed by atoms with Crippen LogP contribution in [0.4, 0.5) is 0 Å². The molecule has 0 aromatic carbocycles. The molecule has 0 saturated carbocycles. The van der Waals surface area contributed by atoms with Gasteiger partial charge < -0.3 is 5.32 Å². The van der Waals surface area contributed by atoms with Crippen LogP contribution in [0.5, 0.6) is 0 Å². The zero-order valence-electron chi connectivity index (χ0n) is 7.68. The first-order valence-electron chi connectivity index (χ1n) is 4.52. The topological polar surface area (TPSA) is 12.0 Å². The molecule has 0 bridgehead atoms. The van der Waals surface area contributed by atoms with E-state index in [0.717, 1.165) is 0 Å². The first-order chi connectivity index (χ1) is 5.72. The first-order valence-corrected chi connectivity index (χ1v) is 5.40. The van der Waals surface area contributed by atoms with E-state index in [9.17, 15) is 0 Å². The average molecular weight is 181 g/mol. The minimum absolute atomic E-state index is 0.268. The Hall–Kier alpha value is -0.340. The molecule has 1 fully saturated rings. The molecule has 0 aliphatic carbocycles. The summed E-state index contributed by atoms with van der Waals surface area (Å²) in [6.45, 7) is 5.70. The molecular formula is C10H15NS. The Morgan fingerprint density at radius 3 is 2.92 bits per heavy atom. The van der Waals surface area contributed by atoms with Crippen LogP contribution < -0.4 is 5.32 Å². The van der Waals surface area contributed by atoms with Crippen LogP contribution in [-0.4, -0.2) is 6.54 Å². The Labute approximate surface area is 77.8 Å². The Balaban J connectivity index is 2.34. The predicted octanol–water partition coefficient (Wildman–Crippen LogP) is 2.66. The zero-order chi connectivity index (χ0) is 8.60. The van der Waals surface area contributed by atoms with Gasteiger partial charge in [0.05, 0.1) is 0 Å². The SMILES string of the molecule is Cc1sccc1C1(C)CCCN1. The van der Waals surface area contributed by atoms with E-state index in [4.69, 9.17) is 0 Å². The molecule has 1 aliphatic rings. The van der Waals surface area contributed by atoms with Gasteiger partial charge in [-0.2, -0.15) is 0 Å². The summed E-state index contributed by atoms with van der Waals surface area (Å²) >= 11 is 1.85. The zero-order valence-corrected chi connectivity index (χ0v) is 8.50. The summed E-state index contributed by atoms with van der Waals surface area (Å²) in [5, 5.41) is 5.77. The van der Waals surface area contributed by atoms with Gasteiger partial charge in [0.15, 0.2) is 0 Å². The summed E-state index contributed by atoms with van der Waals surface area (Å²) in [5.41, 5.74) is 1.77. The average Bonchev–Trinajstić information content (AvgIpc) is 2.59. The van der Waals surface area contributed by atoms with Gasteiger partial charge in [0.25, 0.3) is 0 Å². The molecule has 1 N–H and O–H groups in total. The van der Waals surface area contributed by atoms with Crippen molar-refractivity contribution in [1.82, 2.24) is 5.32 Å². The summed E-state index contributed by atoms with van der Waals surface area (Å²) in [7, 11) is 0. The third-order valence-electron chi connectivity index (χ3n) is 2.82. The summed E-state index contributed by atoms with van der Waals surface area (Å²) in [4.78, 5) is 1.46. The number of hydrogen-bond acceptors (Lipinski definition) is 2. The van der Waals surface area contributed by atoms with E-state index in [2.05, 4.69) is 30.6 Å². The molecule has 12 heavy (non-hydrogen) atoms. The molecule has 0 spiro atoms. The Bertz CT molecular complexity index is 271. The Morgan fingerprint density at radius 2 is 2.42 bits per heavy atom. The highest BCUT2D eigenvalue weighted by Gasteiger charge is 2.31. The molecule has 1 atom stereocenters. The fourth-order valence-corrected chi connectivity index (χ4v) is 2.91. The second-order valence-electron chi connectivity index (χ2n) is 3.75. The fraction of sp³-hybridized carbons (Fsp3) is 0.600. The Kier molecular flexibility index (Phi) is 1.97. The number of nitrogens with one attached hydrogen (secondary N) is 1. The maximum atomic E-state index is 3.58. The van der Waals surface area contributed by atoms with Crippen molar-refractivity contribution in [1.29, 1.82) is 0 Å². The molecule has 2 heterocycles. The quantitative estimate of drug-likeness (QED) is 0.702. The van der Waals surface area contributed by atoms with Gasteiger partial charge in [-0.05, 0) is 50.2 Å². The number of rotatable bonds is 1. The minimum Gasteiger partial charge on any atom is -0.308 e. The lowest BCUT2D eigenvalue weighted by atomic mass is 9.91. The number of aryl methyl sites for hydroxylation is 1. The van der Waals surface area contributed by atoms with Crippen molar-refractivity contribution in [2.24, 2.45) is 0 Å². The highest BCUT2D eigenvalue weighted by atomic mass is 32.1. The van der Waals surface area contributed by atoms with Crippen LogP contribution in [-0.2, 0) is 5.54 Å². The van der Waals surface area contributed by atoms with Crippen molar-refractivity contribution < 1.29 is 0 Å². The maximum Gasteiger partial charge on any atom is 0.0417 e. The van der Waals surface area contributed by atoms with Gasteiger partial charge in [-0.25, -0.2) is 0 Å². The molecule has 1 aromatic heterocycles. The van der Waals surface area contributed by atoms with Gasteiger partial charge in [-0.15, -0.1) is 11.3 Å². The lowest BCUT2D eigenvalue weighted by Gasteiger charge is -2.24.